The van der Waals surface area contributed by atoms with Crippen molar-refractivity contribution >= 4 is 23.2 Å². The van der Waals surface area contributed by atoms with Gasteiger partial charge >= 0.3 is 0 Å². The monoisotopic (exact) mass is 382 g/mol. The van der Waals surface area contributed by atoms with Crippen LogP contribution in [0.2, 0.25) is 0 Å². The zero-order valence-electron chi connectivity index (χ0n) is 15.7. The van der Waals surface area contributed by atoms with E-state index < -0.39 is 5.79 Å². The van der Waals surface area contributed by atoms with Crippen molar-refractivity contribution in [3.63, 3.8) is 0 Å². The molecule has 0 atom stereocenters. The van der Waals surface area contributed by atoms with Gasteiger partial charge < -0.3 is 19.7 Å². The van der Waals surface area contributed by atoms with Crippen LogP contribution in [0.3, 0.4) is 0 Å². The number of hydrogen-bond acceptors (Lipinski definition) is 7. The Kier molecular flexibility index (Phi) is 5.06. The topological polar surface area (TPSA) is 93.7 Å². The summed E-state index contributed by atoms with van der Waals surface area (Å²) in [5.74, 6) is -0.0828. The minimum absolute atomic E-state index is 0.0185. The number of ketones is 1. The number of ether oxygens (including phenoxy) is 2. The van der Waals surface area contributed by atoms with Crippen LogP contribution in [0.1, 0.15) is 40.6 Å². The lowest BCUT2D eigenvalue weighted by Crippen LogP contribution is -2.45. The number of Topliss-reactive ketones (excluding diaryl/α,β-unsaturated/α-hetero) is 1. The van der Waals surface area contributed by atoms with E-state index in [0.29, 0.717) is 30.3 Å². The Labute approximate surface area is 162 Å². The lowest BCUT2D eigenvalue weighted by molar-refractivity contribution is -0.169. The Hall–Kier alpha value is -2.84. The van der Waals surface area contributed by atoms with Gasteiger partial charge in [-0.1, -0.05) is 0 Å². The number of benzene rings is 1. The number of amides is 1. The second-order valence-electron chi connectivity index (χ2n) is 6.94. The molecule has 2 saturated heterocycles. The van der Waals surface area contributed by atoms with Crippen LogP contribution in [-0.2, 0) is 9.47 Å². The third kappa shape index (κ3) is 3.88. The van der Waals surface area contributed by atoms with Crippen molar-refractivity contribution in [2.24, 2.45) is 0 Å². The van der Waals surface area contributed by atoms with Gasteiger partial charge in [-0.25, -0.2) is 9.97 Å². The van der Waals surface area contributed by atoms with E-state index in [9.17, 15) is 9.59 Å². The van der Waals surface area contributed by atoms with Gasteiger partial charge in [0.15, 0.2) is 11.6 Å². The predicted octanol–water partition coefficient (Wildman–Crippen LogP) is 2.27. The third-order valence-electron chi connectivity index (χ3n) is 5.10. The number of rotatable bonds is 4. The number of hydrogen-bond donors (Lipinski definition) is 1. The fourth-order valence-corrected chi connectivity index (χ4v) is 3.49. The highest BCUT2D eigenvalue weighted by Crippen LogP contribution is 2.32. The molecule has 2 fully saturated rings. The summed E-state index contributed by atoms with van der Waals surface area (Å²) in [6.45, 7) is 4.27. The summed E-state index contributed by atoms with van der Waals surface area (Å²) in [6.07, 6.45) is 2.93. The molecule has 0 unspecified atom stereocenters. The molecule has 8 nitrogen and oxygen atoms in total. The van der Waals surface area contributed by atoms with Crippen LogP contribution >= 0.6 is 0 Å². The molecule has 0 radical (unpaired) electrons. The minimum Gasteiger partial charge on any atom is -0.356 e. The van der Waals surface area contributed by atoms with Gasteiger partial charge in [-0.3, -0.25) is 9.59 Å². The highest BCUT2D eigenvalue weighted by molar-refractivity contribution is 6.03. The predicted molar refractivity (Wildman–Crippen MR) is 103 cm³/mol. The first-order valence-corrected chi connectivity index (χ1v) is 9.32. The Morgan fingerprint density at radius 2 is 1.75 bits per heavy atom. The molecule has 1 aromatic carbocycles. The number of carbonyl (C=O) groups excluding carboxylic acids is 2. The molecule has 3 heterocycles. The first-order valence-electron chi connectivity index (χ1n) is 9.32. The van der Waals surface area contributed by atoms with Gasteiger partial charge in [-0.05, 0) is 31.2 Å². The van der Waals surface area contributed by atoms with Crippen LogP contribution < -0.4 is 10.2 Å². The van der Waals surface area contributed by atoms with Crippen LogP contribution in [0.15, 0.2) is 36.7 Å². The zero-order chi connectivity index (χ0) is 19.6. The van der Waals surface area contributed by atoms with Crippen molar-refractivity contribution in [2.45, 2.75) is 25.6 Å². The summed E-state index contributed by atoms with van der Waals surface area (Å²) < 4.78 is 11.5. The SMILES string of the molecule is CC(=O)c1ccc(NC(=O)c2cc(N3CCC4(CC3)OCCO4)ncn2)cc1. The number of piperidine rings is 1. The molecule has 2 aliphatic heterocycles. The zero-order valence-corrected chi connectivity index (χ0v) is 15.7. The third-order valence-corrected chi connectivity index (χ3v) is 5.10. The van der Waals surface area contributed by atoms with E-state index in [-0.39, 0.29) is 17.4 Å². The summed E-state index contributed by atoms with van der Waals surface area (Å²) in [6, 6.07) is 8.44. The first-order chi connectivity index (χ1) is 13.5. The normalized spacial score (nSPS) is 18.2. The van der Waals surface area contributed by atoms with Gasteiger partial charge in [-0.2, -0.15) is 0 Å². The van der Waals surface area contributed by atoms with Gasteiger partial charge in [0.05, 0.1) is 13.2 Å². The molecule has 0 bridgehead atoms. The summed E-state index contributed by atoms with van der Waals surface area (Å²) >= 11 is 0. The van der Waals surface area contributed by atoms with Crippen LogP contribution in [0.4, 0.5) is 11.5 Å². The Morgan fingerprint density at radius 3 is 2.39 bits per heavy atom. The largest absolute Gasteiger partial charge is 0.356 e. The van der Waals surface area contributed by atoms with E-state index >= 15 is 0 Å². The van der Waals surface area contributed by atoms with Gasteiger partial charge in [-0.15, -0.1) is 0 Å². The first kappa shape index (κ1) is 18.5. The molecule has 146 valence electrons. The smallest absolute Gasteiger partial charge is 0.274 e. The Balaban J connectivity index is 1.41. The molecule has 8 heteroatoms. The second-order valence-corrected chi connectivity index (χ2v) is 6.94. The average Bonchev–Trinajstić information content (AvgIpc) is 3.17. The van der Waals surface area contributed by atoms with Crippen molar-refractivity contribution < 1.29 is 19.1 Å². The minimum atomic E-state index is -0.449. The van der Waals surface area contributed by atoms with E-state index in [1.165, 1.54) is 13.3 Å². The number of carbonyl (C=O) groups is 2. The Morgan fingerprint density at radius 1 is 1.07 bits per heavy atom. The van der Waals surface area contributed by atoms with Gasteiger partial charge in [0, 0.05) is 43.2 Å². The highest BCUT2D eigenvalue weighted by atomic mass is 16.7. The van der Waals surface area contributed by atoms with Gasteiger partial charge in [0.25, 0.3) is 5.91 Å². The molecule has 1 aromatic heterocycles. The fraction of sp³-hybridized carbons (Fsp3) is 0.400. The lowest BCUT2D eigenvalue weighted by atomic mass is 10.0. The maximum atomic E-state index is 12.5. The molecule has 1 N–H and O–H groups in total. The van der Waals surface area contributed by atoms with E-state index in [4.69, 9.17) is 9.47 Å². The maximum Gasteiger partial charge on any atom is 0.274 e. The molecule has 2 aromatic rings. The molecular weight excluding hydrogens is 360 g/mol. The molecule has 28 heavy (non-hydrogen) atoms. The standard InChI is InChI=1S/C20H22N4O4/c1-14(25)15-2-4-16(5-3-15)23-19(26)17-12-18(22-13-21-17)24-8-6-20(7-9-24)27-10-11-28-20/h2-5,12-13H,6-11H2,1H3,(H,23,26). The van der Waals surface area contributed by atoms with Crippen molar-refractivity contribution in [1.29, 1.82) is 0 Å². The number of aromatic nitrogens is 2. The average molecular weight is 382 g/mol. The molecule has 0 aliphatic carbocycles. The van der Waals surface area contributed by atoms with Crippen molar-refractivity contribution in [3.8, 4) is 0 Å². The summed E-state index contributed by atoms with van der Waals surface area (Å²) in [7, 11) is 0. The molecule has 2 aliphatic rings. The highest BCUT2D eigenvalue weighted by Gasteiger charge is 2.40. The Bertz CT molecular complexity index is 868. The number of nitrogens with zero attached hydrogens (tertiary/aromatic N) is 3. The molecular formula is C20H22N4O4. The molecule has 1 spiro atoms. The van der Waals surface area contributed by atoms with Crippen molar-refractivity contribution in [1.82, 2.24) is 9.97 Å². The van der Waals surface area contributed by atoms with Crippen LogP contribution in [0.25, 0.3) is 0 Å². The van der Waals surface area contributed by atoms with E-state index in [0.717, 1.165) is 25.9 Å². The second kappa shape index (κ2) is 7.65. The lowest BCUT2D eigenvalue weighted by Gasteiger charge is -2.38. The van der Waals surface area contributed by atoms with Crippen LogP contribution in [-0.4, -0.2) is 53.7 Å². The quantitative estimate of drug-likeness (QED) is 0.811. The summed E-state index contributed by atoms with van der Waals surface area (Å²) in [4.78, 5) is 34.4. The van der Waals surface area contributed by atoms with E-state index in [2.05, 4.69) is 20.2 Å². The number of nitrogens with one attached hydrogen (secondary N) is 1. The fourth-order valence-electron chi connectivity index (χ4n) is 3.49. The van der Waals surface area contributed by atoms with E-state index in [1.54, 1.807) is 30.3 Å². The maximum absolute atomic E-state index is 12.5. The molecule has 1 amide bonds. The van der Waals surface area contributed by atoms with Crippen LogP contribution in [0, 0.1) is 0 Å². The van der Waals surface area contributed by atoms with Crippen LogP contribution in [0.5, 0.6) is 0 Å². The summed E-state index contributed by atoms with van der Waals surface area (Å²) in [5.41, 5.74) is 1.49. The van der Waals surface area contributed by atoms with Gasteiger partial charge in [0.2, 0.25) is 0 Å². The van der Waals surface area contributed by atoms with Gasteiger partial charge in [0.1, 0.15) is 17.8 Å². The van der Waals surface area contributed by atoms with Crippen molar-refractivity contribution in [3.05, 3.63) is 47.9 Å². The molecule has 4 rings (SSSR count). The summed E-state index contributed by atoms with van der Waals surface area (Å²) in [5, 5.41) is 2.80. The van der Waals surface area contributed by atoms with E-state index in [1.807, 2.05) is 0 Å². The molecule has 0 saturated carbocycles. The number of anilines is 2. The van der Waals surface area contributed by atoms with Crippen molar-refractivity contribution in [2.75, 3.05) is 36.5 Å².